The molecule has 0 spiro atoms. The quantitative estimate of drug-likeness (QED) is 0.712. The molecule has 1 saturated heterocycles. The van der Waals surface area contributed by atoms with Gasteiger partial charge in [-0.15, -0.1) is 0 Å². The molecule has 0 aromatic carbocycles. The predicted molar refractivity (Wildman–Crippen MR) is 55.0 cm³/mol. The lowest BCUT2D eigenvalue weighted by atomic mass is 10.1. The average Bonchev–Trinajstić information content (AvgIpc) is 2.30. The second kappa shape index (κ2) is 4.25. The van der Waals surface area contributed by atoms with Gasteiger partial charge in [0.2, 0.25) is 5.88 Å². The Balaban J connectivity index is 2.18. The minimum absolute atomic E-state index is 0.321. The summed E-state index contributed by atoms with van der Waals surface area (Å²) in [5.74, 6) is 0.890. The number of aromatic nitrogens is 2. The van der Waals surface area contributed by atoms with Gasteiger partial charge in [-0.2, -0.15) is 0 Å². The van der Waals surface area contributed by atoms with Gasteiger partial charge in [-0.25, -0.2) is 9.97 Å². The summed E-state index contributed by atoms with van der Waals surface area (Å²) in [5, 5.41) is 0. The van der Waals surface area contributed by atoms with Gasteiger partial charge < -0.3 is 9.64 Å². The molecule has 0 saturated carbocycles. The van der Waals surface area contributed by atoms with E-state index in [0.29, 0.717) is 24.5 Å². The van der Waals surface area contributed by atoms with Crippen molar-refractivity contribution < 1.29 is 9.53 Å². The van der Waals surface area contributed by atoms with E-state index < -0.39 is 0 Å². The van der Waals surface area contributed by atoms with Gasteiger partial charge in [0, 0.05) is 25.9 Å². The van der Waals surface area contributed by atoms with E-state index in [1.54, 1.807) is 13.3 Å². The van der Waals surface area contributed by atoms with Gasteiger partial charge in [0.05, 0.1) is 13.3 Å². The molecule has 0 amide bonds. The number of carbonyl (C=O) groups excluding carboxylic acids is 1. The van der Waals surface area contributed by atoms with Crippen molar-refractivity contribution in [2.24, 2.45) is 0 Å². The fourth-order valence-corrected chi connectivity index (χ4v) is 1.68. The molecule has 1 aliphatic rings. The molecule has 1 fully saturated rings. The van der Waals surface area contributed by atoms with E-state index in [0.717, 1.165) is 18.8 Å². The molecule has 1 aliphatic heterocycles. The zero-order valence-corrected chi connectivity index (χ0v) is 8.64. The van der Waals surface area contributed by atoms with E-state index in [1.165, 1.54) is 6.33 Å². The highest BCUT2D eigenvalue weighted by Gasteiger charge is 2.19. The second-order valence-corrected chi connectivity index (χ2v) is 3.44. The maximum atomic E-state index is 11.1. The van der Waals surface area contributed by atoms with Crippen LogP contribution in [0.2, 0.25) is 0 Å². The molecule has 1 aromatic heterocycles. The van der Waals surface area contributed by atoms with Crippen molar-refractivity contribution >= 4 is 11.5 Å². The smallest absolute Gasteiger partial charge is 0.240 e. The van der Waals surface area contributed by atoms with Crippen molar-refractivity contribution in [3.63, 3.8) is 0 Å². The summed E-state index contributed by atoms with van der Waals surface area (Å²) in [7, 11) is 1.58. The zero-order chi connectivity index (χ0) is 10.7. The van der Waals surface area contributed by atoms with E-state index in [9.17, 15) is 4.79 Å². The first kappa shape index (κ1) is 9.89. The first-order chi connectivity index (χ1) is 7.31. The Morgan fingerprint density at radius 1 is 1.40 bits per heavy atom. The molecular weight excluding hydrogens is 194 g/mol. The molecule has 0 radical (unpaired) electrons. The van der Waals surface area contributed by atoms with Crippen LogP contribution in [0.25, 0.3) is 0 Å². The highest BCUT2D eigenvalue weighted by molar-refractivity contribution is 5.81. The predicted octanol–water partition coefficient (Wildman–Crippen LogP) is 0.654. The number of ether oxygens (including phenoxy) is 1. The van der Waals surface area contributed by atoms with Gasteiger partial charge in [-0.3, -0.25) is 4.79 Å². The van der Waals surface area contributed by atoms with Crippen LogP contribution in [0.1, 0.15) is 12.8 Å². The van der Waals surface area contributed by atoms with Gasteiger partial charge in [0.1, 0.15) is 17.8 Å². The van der Waals surface area contributed by atoms with E-state index in [2.05, 4.69) is 14.9 Å². The lowest BCUT2D eigenvalue weighted by molar-refractivity contribution is -0.119. The molecule has 5 nitrogen and oxygen atoms in total. The molecule has 80 valence electrons. The zero-order valence-electron chi connectivity index (χ0n) is 8.64. The number of Topliss-reactive ketones (excluding diaryl/α,β-unsaturated/α-hetero) is 1. The van der Waals surface area contributed by atoms with Gasteiger partial charge in [-0.05, 0) is 0 Å². The molecule has 0 unspecified atom stereocenters. The maximum Gasteiger partial charge on any atom is 0.240 e. The molecule has 1 aromatic rings. The van der Waals surface area contributed by atoms with Crippen LogP contribution in [-0.4, -0.2) is 36.0 Å². The number of hydrogen-bond donors (Lipinski definition) is 0. The topological polar surface area (TPSA) is 55.3 Å². The van der Waals surface area contributed by atoms with Crippen LogP contribution in [0.4, 0.5) is 5.69 Å². The molecule has 0 N–H and O–H groups in total. The molecule has 0 bridgehead atoms. The Labute approximate surface area is 88.1 Å². The SMILES string of the molecule is COc1ncncc1N1CCC(=O)CC1. The lowest BCUT2D eigenvalue weighted by Crippen LogP contribution is -2.34. The number of anilines is 1. The molecule has 0 aliphatic carbocycles. The minimum atomic E-state index is 0.321. The Hall–Kier alpha value is -1.65. The van der Waals surface area contributed by atoms with Gasteiger partial charge in [0.25, 0.3) is 0 Å². The molecular formula is C10H13N3O2. The summed E-state index contributed by atoms with van der Waals surface area (Å²) in [6, 6.07) is 0. The number of rotatable bonds is 2. The Kier molecular flexibility index (Phi) is 2.80. The van der Waals surface area contributed by atoms with Crippen LogP contribution in [0, 0.1) is 0 Å². The van der Waals surface area contributed by atoms with Crippen molar-refractivity contribution in [3.8, 4) is 5.88 Å². The maximum absolute atomic E-state index is 11.1. The van der Waals surface area contributed by atoms with Crippen molar-refractivity contribution in [1.82, 2.24) is 9.97 Å². The second-order valence-electron chi connectivity index (χ2n) is 3.44. The van der Waals surface area contributed by atoms with Crippen LogP contribution in [0.5, 0.6) is 5.88 Å². The van der Waals surface area contributed by atoms with Crippen LogP contribution in [0.15, 0.2) is 12.5 Å². The van der Waals surface area contributed by atoms with E-state index in [1.807, 2.05) is 0 Å². The number of methoxy groups -OCH3 is 1. The number of carbonyl (C=O) groups is 1. The summed E-state index contributed by atoms with van der Waals surface area (Å²) in [6.07, 6.45) is 4.37. The third-order valence-corrected chi connectivity index (χ3v) is 2.51. The van der Waals surface area contributed by atoms with Crippen LogP contribution in [0.3, 0.4) is 0 Å². The Bertz CT molecular complexity index is 357. The fourth-order valence-electron chi connectivity index (χ4n) is 1.68. The first-order valence-electron chi connectivity index (χ1n) is 4.92. The molecule has 2 heterocycles. The molecule has 2 rings (SSSR count). The van der Waals surface area contributed by atoms with E-state index >= 15 is 0 Å². The van der Waals surface area contributed by atoms with Crippen molar-refractivity contribution in [1.29, 1.82) is 0 Å². The Morgan fingerprint density at radius 2 is 2.13 bits per heavy atom. The number of hydrogen-bond acceptors (Lipinski definition) is 5. The number of piperidine rings is 1. The third-order valence-electron chi connectivity index (χ3n) is 2.51. The van der Waals surface area contributed by atoms with Crippen molar-refractivity contribution in [2.75, 3.05) is 25.1 Å². The summed E-state index contributed by atoms with van der Waals surface area (Å²) in [4.78, 5) is 21.2. The highest BCUT2D eigenvalue weighted by atomic mass is 16.5. The van der Waals surface area contributed by atoms with Crippen LogP contribution in [-0.2, 0) is 4.79 Å². The summed E-state index contributed by atoms with van der Waals surface area (Å²) in [5.41, 5.74) is 0.868. The number of nitrogens with zero attached hydrogens (tertiary/aromatic N) is 3. The summed E-state index contributed by atoms with van der Waals surface area (Å²) in [6.45, 7) is 1.45. The third kappa shape index (κ3) is 2.06. The van der Waals surface area contributed by atoms with E-state index in [4.69, 9.17) is 4.74 Å². The van der Waals surface area contributed by atoms with E-state index in [-0.39, 0.29) is 0 Å². The normalized spacial score (nSPS) is 16.6. The van der Waals surface area contributed by atoms with Crippen molar-refractivity contribution in [3.05, 3.63) is 12.5 Å². The van der Waals surface area contributed by atoms with Crippen LogP contribution >= 0.6 is 0 Å². The average molecular weight is 207 g/mol. The molecule has 0 atom stereocenters. The first-order valence-corrected chi connectivity index (χ1v) is 4.92. The monoisotopic (exact) mass is 207 g/mol. The summed E-state index contributed by atoms with van der Waals surface area (Å²) < 4.78 is 5.15. The molecule has 15 heavy (non-hydrogen) atoms. The largest absolute Gasteiger partial charge is 0.479 e. The minimum Gasteiger partial charge on any atom is -0.479 e. The highest BCUT2D eigenvalue weighted by Crippen LogP contribution is 2.25. The molecule has 5 heteroatoms. The summed E-state index contributed by atoms with van der Waals surface area (Å²) >= 11 is 0. The van der Waals surface area contributed by atoms with Gasteiger partial charge in [-0.1, -0.05) is 0 Å². The van der Waals surface area contributed by atoms with Gasteiger partial charge in [0.15, 0.2) is 0 Å². The lowest BCUT2D eigenvalue weighted by Gasteiger charge is -2.28. The Morgan fingerprint density at radius 3 is 2.80 bits per heavy atom. The van der Waals surface area contributed by atoms with Crippen LogP contribution < -0.4 is 9.64 Å². The fraction of sp³-hybridized carbons (Fsp3) is 0.500. The standard InChI is InChI=1S/C10H13N3O2/c1-15-10-9(6-11-7-12-10)13-4-2-8(14)3-5-13/h6-7H,2-5H2,1H3. The van der Waals surface area contributed by atoms with Gasteiger partial charge >= 0.3 is 0 Å². The number of ketones is 1. The van der Waals surface area contributed by atoms with Crippen molar-refractivity contribution in [2.45, 2.75) is 12.8 Å².